The lowest BCUT2D eigenvalue weighted by atomic mass is 9.95. The molecule has 1 saturated heterocycles. The third kappa shape index (κ3) is 5.67. The maximum absolute atomic E-state index is 14.2. The molecule has 0 N–H and O–H groups in total. The molecule has 0 aliphatic carbocycles. The van der Waals surface area contributed by atoms with E-state index in [1.54, 1.807) is 39.2 Å². The average Bonchev–Trinajstić information content (AvgIpc) is 3.56. The van der Waals surface area contributed by atoms with Crippen molar-refractivity contribution in [3.63, 3.8) is 0 Å². The minimum atomic E-state index is -0.797. The number of carbonyl (C=O) groups excluding carboxylic acids is 2. The van der Waals surface area contributed by atoms with Crippen molar-refractivity contribution in [3.05, 3.63) is 90.7 Å². The van der Waals surface area contributed by atoms with Gasteiger partial charge in [-0.15, -0.1) is 0 Å². The molecule has 45 heavy (non-hydrogen) atoms. The molecule has 4 aromatic rings. The van der Waals surface area contributed by atoms with Crippen LogP contribution in [0.4, 0.5) is 0 Å². The molecule has 2 aromatic heterocycles. The van der Waals surface area contributed by atoms with Crippen LogP contribution >= 0.6 is 11.3 Å². The van der Waals surface area contributed by atoms with Gasteiger partial charge in [0.15, 0.2) is 16.3 Å². The van der Waals surface area contributed by atoms with E-state index < -0.39 is 12.0 Å². The molecule has 1 fully saturated rings. The van der Waals surface area contributed by atoms with Gasteiger partial charge < -0.3 is 28.4 Å². The topological polar surface area (TPSA) is 114 Å². The Bertz CT molecular complexity index is 2000. The number of rotatable bonds is 8. The average molecular weight is 631 g/mol. The first-order valence-corrected chi connectivity index (χ1v) is 15.5. The maximum atomic E-state index is 14.2. The van der Waals surface area contributed by atoms with Gasteiger partial charge in [0.1, 0.15) is 6.54 Å². The van der Waals surface area contributed by atoms with Gasteiger partial charge in [-0.05, 0) is 43.7 Å². The van der Waals surface area contributed by atoms with Crippen molar-refractivity contribution in [1.82, 2.24) is 14.0 Å². The molecule has 2 aliphatic rings. The van der Waals surface area contributed by atoms with Crippen LogP contribution < -0.4 is 24.4 Å². The van der Waals surface area contributed by atoms with E-state index in [4.69, 9.17) is 18.9 Å². The summed E-state index contributed by atoms with van der Waals surface area (Å²) in [7, 11) is 3.08. The lowest BCUT2D eigenvalue weighted by Gasteiger charge is -2.27. The van der Waals surface area contributed by atoms with Crippen molar-refractivity contribution in [2.45, 2.75) is 26.4 Å². The monoisotopic (exact) mass is 630 g/mol. The Morgan fingerprint density at radius 1 is 1.09 bits per heavy atom. The van der Waals surface area contributed by atoms with Gasteiger partial charge in [-0.3, -0.25) is 14.2 Å². The molecular formula is C33H34N4O7S. The van der Waals surface area contributed by atoms with Gasteiger partial charge in [-0.2, -0.15) is 0 Å². The molecule has 6 rings (SSSR count). The number of amides is 1. The molecule has 0 spiro atoms. The zero-order chi connectivity index (χ0) is 31.7. The molecule has 4 heterocycles. The number of ether oxygens (including phenoxy) is 4. The molecule has 12 heteroatoms. The fraction of sp³-hybridized carbons (Fsp3) is 0.333. The fourth-order valence-corrected chi connectivity index (χ4v) is 6.89. The molecule has 0 bridgehead atoms. The molecule has 0 saturated carbocycles. The number of aromatic nitrogens is 2. The minimum absolute atomic E-state index is 0.0156. The lowest BCUT2D eigenvalue weighted by molar-refractivity contribution is -0.139. The summed E-state index contributed by atoms with van der Waals surface area (Å²) in [4.78, 5) is 47.6. The van der Waals surface area contributed by atoms with Crippen molar-refractivity contribution in [2.75, 3.05) is 47.1 Å². The summed E-state index contributed by atoms with van der Waals surface area (Å²) in [6, 6.07) is 12.3. The van der Waals surface area contributed by atoms with E-state index in [2.05, 4.69) is 4.99 Å². The molecule has 1 amide bonds. The second-order valence-corrected chi connectivity index (χ2v) is 11.6. The number of thiazole rings is 1. The van der Waals surface area contributed by atoms with Crippen LogP contribution in [-0.2, 0) is 25.6 Å². The summed E-state index contributed by atoms with van der Waals surface area (Å²) in [6.07, 6.45) is 3.74. The largest absolute Gasteiger partial charge is 0.493 e. The number of para-hydroxylation sites is 1. The van der Waals surface area contributed by atoms with Crippen LogP contribution in [0.25, 0.3) is 17.0 Å². The van der Waals surface area contributed by atoms with Crippen LogP contribution in [0.1, 0.15) is 31.0 Å². The number of hydrogen-bond acceptors (Lipinski definition) is 9. The summed E-state index contributed by atoms with van der Waals surface area (Å²) < 4.78 is 25.7. The number of allylic oxidation sites excluding steroid dienone is 1. The maximum Gasteiger partial charge on any atom is 0.338 e. The smallest absolute Gasteiger partial charge is 0.338 e. The van der Waals surface area contributed by atoms with E-state index in [0.717, 1.165) is 16.5 Å². The van der Waals surface area contributed by atoms with Gasteiger partial charge in [-0.1, -0.05) is 35.6 Å². The highest BCUT2D eigenvalue weighted by Gasteiger charge is 2.34. The number of carbonyl (C=O) groups is 2. The summed E-state index contributed by atoms with van der Waals surface area (Å²) in [5, 5.41) is 0.915. The van der Waals surface area contributed by atoms with E-state index in [9.17, 15) is 14.4 Å². The van der Waals surface area contributed by atoms with Crippen LogP contribution in [0.2, 0.25) is 0 Å². The van der Waals surface area contributed by atoms with Gasteiger partial charge >= 0.3 is 5.97 Å². The van der Waals surface area contributed by atoms with E-state index in [1.165, 1.54) is 23.0 Å². The summed E-state index contributed by atoms with van der Waals surface area (Å²) in [5.74, 6) is 0.465. The number of benzene rings is 2. The molecular weight excluding hydrogens is 596 g/mol. The van der Waals surface area contributed by atoms with Crippen molar-refractivity contribution in [3.8, 4) is 11.5 Å². The number of hydrogen-bond donors (Lipinski definition) is 0. The lowest BCUT2D eigenvalue weighted by Crippen LogP contribution is -2.42. The van der Waals surface area contributed by atoms with Gasteiger partial charge in [0.05, 0.1) is 55.9 Å². The number of morpholine rings is 1. The van der Waals surface area contributed by atoms with Crippen molar-refractivity contribution in [1.29, 1.82) is 0 Å². The van der Waals surface area contributed by atoms with Crippen LogP contribution in [0.15, 0.2) is 69.7 Å². The Labute approximate surface area is 263 Å². The fourth-order valence-electron chi connectivity index (χ4n) is 5.85. The first-order chi connectivity index (χ1) is 21.8. The van der Waals surface area contributed by atoms with Gasteiger partial charge in [0, 0.05) is 35.8 Å². The van der Waals surface area contributed by atoms with E-state index in [-0.39, 0.29) is 30.2 Å². The van der Waals surface area contributed by atoms with E-state index in [0.29, 0.717) is 58.4 Å². The molecule has 0 unspecified atom stereocenters. The Hall–Kier alpha value is -4.68. The summed E-state index contributed by atoms with van der Waals surface area (Å²) in [5.41, 5.74) is 2.79. The molecule has 1 atom stereocenters. The third-order valence-corrected chi connectivity index (χ3v) is 9.00. The van der Waals surface area contributed by atoms with Gasteiger partial charge in [0.2, 0.25) is 5.91 Å². The van der Waals surface area contributed by atoms with Crippen LogP contribution in [0.5, 0.6) is 11.5 Å². The van der Waals surface area contributed by atoms with E-state index >= 15 is 0 Å². The van der Waals surface area contributed by atoms with Gasteiger partial charge in [0.25, 0.3) is 5.56 Å². The first kappa shape index (κ1) is 30.4. The number of fused-ring (bicyclic) bond motifs is 2. The van der Waals surface area contributed by atoms with Crippen molar-refractivity contribution in [2.24, 2.45) is 4.99 Å². The standard InChI is InChI=1S/C33H34N4O7S/c1-5-44-32(40)29-20(2)34-33-37(30(29)21-10-11-25(41-3)26(16-21)42-4)31(39)27(45-33)17-22-18-36(24-9-7-6-8-23(22)24)19-28(38)35-12-14-43-15-13-35/h6-11,16-18,30H,5,12-15,19H2,1-4H3/b27-17+/t30-/m1/s1. The van der Waals surface area contributed by atoms with Crippen molar-refractivity contribution < 1.29 is 28.5 Å². The highest BCUT2D eigenvalue weighted by atomic mass is 32.1. The quantitative estimate of drug-likeness (QED) is 0.275. The molecule has 234 valence electrons. The second kappa shape index (κ2) is 12.7. The normalized spacial score (nSPS) is 16.8. The number of methoxy groups -OCH3 is 2. The third-order valence-electron chi connectivity index (χ3n) is 8.02. The summed E-state index contributed by atoms with van der Waals surface area (Å²) in [6.45, 7) is 6.04. The molecule has 2 aromatic carbocycles. The molecule has 11 nitrogen and oxygen atoms in total. The minimum Gasteiger partial charge on any atom is -0.493 e. The highest BCUT2D eigenvalue weighted by molar-refractivity contribution is 7.07. The van der Waals surface area contributed by atoms with E-state index in [1.807, 2.05) is 46.0 Å². The Kier molecular flexibility index (Phi) is 8.59. The highest BCUT2D eigenvalue weighted by Crippen LogP contribution is 2.36. The van der Waals surface area contributed by atoms with Crippen LogP contribution in [0, 0.1) is 0 Å². The molecule has 2 aliphatic heterocycles. The predicted molar refractivity (Wildman–Crippen MR) is 169 cm³/mol. The zero-order valence-corrected chi connectivity index (χ0v) is 26.4. The Morgan fingerprint density at radius 3 is 2.58 bits per heavy atom. The number of nitrogens with zero attached hydrogens (tertiary/aromatic N) is 4. The van der Waals surface area contributed by atoms with Gasteiger partial charge in [-0.25, -0.2) is 9.79 Å². The second-order valence-electron chi connectivity index (χ2n) is 10.6. The first-order valence-electron chi connectivity index (χ1n) is 14.7. The van der Waals surface area contributed by atoms with Crippen LogP contribution in [-0.4, -0.2) is 73.0 Å². The number of esters is 1. The predicted octanol–water partition coefficient (Wildman–Crippen LogP) is 2.63. The molecule has 0 radical (unpaired) electrons. The zero-order valence-electron chi connectivity index (χ0n) is 25.6. The van der Waals surface area contributed by atoms with Crippen molar-refractivity contribution >= 4 is 40.2 Å². The Morgan fingerprint density at radius 2 is 1.84 bits per heavy atom. The van der Waals surface area contributed by atoms with Crippen LogP contribution in [0.3, 0.4) is 0 Å². The SMILES string of the molecule is CCOC(=O)C1=C(C)N=c2s/c(=C/c3cn(CC(=O)N4CCOCC4)c4ccccc34)c(=O)n2[C@@H]1c1ccc(OC)c(OC)c1. The Balaban J connectivity index is 1.48. The summed E-state index contributed by atoms with van der Waals surface area (Å²) >= 11 is 1.25.